The predicted molar refractivity (Wildman–Crippen MR) is 105 cm³/mol. The van der Waals surface area contributed by atoms with Crippen LogP contribution in [0.1, 0.15) is 30.1 Å². The van der Waals surface area contributed by atoms with Crippen LogP contribution in [0.3, 0.4) is 0 Å². The second-order valence-electron chi connectivity index (χ2n) is 7.78. The molecule has 2 aliphatic heterocycles. The predicted octanol–water partition coefficient (Wildman–Crippen LogP) is 1.13. The Morgan fingerprint density at radius 1 is 1.16 bits per heavy atom. The average molecular weight is 452 g/mol. The number of fused-ring (bicyclic) bond motifs is 1. The van der Waals surface area contributed by atoms with E-state index in [-0.39, 0.29) is 24.1 Å². The second-order valence-corrected chi connectivity index (χ2v) is 7.78. The van der Waals surface area contributed by atoms with Gasteiger partial charge in [0.2, 0.25) is 11.8 Å². The van der Waals surface area contributed by atoms with E-state index in [9.17, 15) is 22.8 Å². The molecule has 172 valence electrons. The number of carbonyl (C=O) groups excluding carboxylic acids is 2. The second kappa shape index (κ2) is 9.15. The van der Waals surface area contributed by atoms with Gasteiger partial charge in [-0.1, -0.05) is 12.1 Å². The van der Waals surface area contributed by atoms with Gasteiger partial charge in [-0.3, -0.25) is 14.5 Å². The standard InChI is InChI=1S/C20H23F3N6O3/c21-20(22,23)32-14-3-1-13(2-4-14)12-28-8-7-16-26-27-17(29(16)10-9-28)11-24-19(31)15-5-6-18(30)25-15/h1-4,15H,5-12H2,(H,24,31)(H,25,30). The summed E-state index contributed by atoms with van der Waals surface area (Å²) in [5.41, 5.74) is 0.878. The number of alkyl halides is 3. The fraction of sp³-hybridized carbons (Fsp3) is 0.500. The van der Waals surface area contributed by atoms with Crippen molar-refractivity contribution in [2.75, 3.05) is 13.1 Å². The molecule has 0 saturated carbocycles. The molecule has 1 aromatic carbocycles. The summed E-state index contributed by atoms with van der Waals surface area (Å²) in [5.74, 6) is 0.866. The number of hydrogen-bond acceptors (Lipinski definition) is 6. The Morgan fingerprint density at radius 2 is 1.94 bits per heavy atom. The summed E-state index contributed by atoms with van der Waals surface area (Å²) in [6.07, 6.45) is -3.20. The monoisotopic (exact) mass is 452 g/mol. The number of aromatic nitrogens is 3. The van der Waals surface area contributed by atoms with Gasteiger partial charge in [0.1, 0.15) is 17.6 Å². The van der Waals surface area contributed by atoms with Gasteiger partial charge in [-0.05, 0) is 24.1 Å². The highest BCUT2D eigenvalue weighted by atomic mass is 19.4. The fourth-order valence-electron chi connectivity index (χ4n) is 3.87. The molecule has 0 aliphatic carbocycles. The lowest BCUT2D eigenvalue weighted by molar-refractivity contribution is -0.274. The van der Waals surface area contributed by atoms with Crippen LogP contribution in [0.25, 0.3) is 0 Å². The van der Waals surface area contributed by atoms with Crippen molar-refractivity contribution in [2.45, 2.75) is 51.3 Å². The lowest BCUT2D eigenvalue weighted by Gasteiger charge is -2.20. The molecule has 9 nitrogen and oxygen atoms in total. The molecule has 1 aromatic heterocycles. The zero-order valence-electron chi connectivity index (χ0n) is 17.2. The summed E-state index contributed by atoms with van der Waals surface area (Å²) < 4.78 is 42.8. The number of amides is 2. The number of rotatable bonds is 6. The van der Waals surface area contributed by atoms with E-state index in [4.69, 9.17) is 0 Å². The molecule has 32 heavy (non-hydrogen) atoms. The Balaban J connectivity index is 1.30. The highest BCUT2D eigenvalue weighted by Crippen LogP contribution is 2.23. The molecule has 0 bridgehead atoms. The highest BCUT2D eigenvalue weighted by Gasteiger charge is 2.31. The molecule has 3 heterocycles. The normalized spacial score (nSPS) is 19.2. The Labute approximate surface area is 181 Å². The highest BCUT2D eigenvalue weighted by molar-refractivity contribution is 5.90. The minimum atomic E-state index is -4.71. The van der Waals surface area contributed by atoms with Gasteiger partial charge >= 0.3 is 6.36 Å². The first kappa shape index (κ1) is 22.1. The third kappa shape index (κ3) is 5.55. The Bertz CT molecular complexity index is 976. The van der Waals surface area contributed by atoms with E-state index in [0.29, 0.717) is 44.7 Å². The smallest absolute Gasteiger partial charge is 0.406 e. The first-order valence-corrected chi connectivity index (χ1v) is 10.3. The summed E-state index contributed by atoms with van der Waals surface area (Å²) in [5, 5.41) is 13.9. The molecule has 1 saturated heterocycles. The average Bonchev–Trinajstić information content (AvgIpc) is 3.29. The van der Waals surface area contributed by atoms with Crippen molar-refractivity contribution in [2.24, 2.45) is 0 Å². The number of carbonyl (C=O) groups is 2. The molecule has 2 aromatic rings. The summed E-state index contributed by atoms with van der Waals surface area (Å²) in [6, 6.07) is 5.35. The van der Waals surface area contributed by atoms with E-state index < -0.39 is 12.4 Å². The minimum Gasteiger partial charge on any atom is -0.406 e. The van der Waals surface area contributed by atoms with Gasteiger partial charge < -0.3 is 19.9 Å². The van der Waals surface area contributed by atoms with Crippen molar-refractivity contribution in [3.05, 3.63) is 41.5 Å². The number of nitrogens with one attached hydrogen (secondary N) is 2. The zero-order chi connectivity index (χ0) is 22.7. The topological polar surface area (TPSA) is 101 Å². The molecule has 1 atom stereocenters. The van der Waals surface area contributed by atoms with Crippen molar-refractivity contribution >= 4 is 11.8 Å². The van der Waals surface area contributed by atoms with Crippen LogP contribution in [0.4, 0.5) is 13.2 Å². The zero-order valence-corrected chi connectivity index (χ0v) is 17.2. The fourth-order valence-corrected chi connectivity index (χ4v) is 3.87. The minimum absolute atomic E-state index is 0.121. The van der Waals surface area contributed by atoms with Gasteiger partial charge in [0.15, 0.2) is 5.82 Å². The van der Waals surface area contributed by atoms with Gasteiger partial charge in [0.05, 0.1) is 6.54 Å². The first-order chi connectivity index (χ1) is 15.3. The number of benzene rings is 1. The van der Waals surface area contributed by atoms with E-state index in [2.05, 4.69) is 30.5 Å². The maximum absolute atomic E-state index is 12.3. The first-order valence-electron chi connectivity index (χ1n) is 10.3. The summed E-state index contributed by atoms with van der Waals surface area (Å²) in [7, 11) is 0. The van der Waals surface area contributed by atoms with Crippen LogP contribution in [0.2, 0.25) is 0 Å². The van der Waals surface area contributed by atoms with Crippen LogP contribution in [0.15, 0.2) is 24.3 Å². The van der Waals surface area contributed by atoms with Crippen LogP contribution in [0, 0.1) is 0 Å². The summed E-state index contributed by atoms with van der Waals surface area (Å²) in [4.78, 5) is 25.7. The third-order valence-corrected chi connectivity index (χ3v) is 5.49. The Kier molecular flexibility index (Phi) is 6.31. The molecule has 2 amide bonds. The van der Waals surface area contributed by atoms with Gasteiger partial charge in [0, 0.05) is 39.0 Å². The number of hydrogen-bond donors (Lipinski definition) is 2. The lowest BCUT2D eigenvalue weighted by Crippen LogP contribution is -2.41. The van der Waals surface area contributed by atoms with Gasteiger partial charge in [0.25, 0.3) is 0 Å². The maximum atomic E-state index is 12.3. The molecule has 0 radical (unpaired) electrons. The largest absolute Gasteiger partial charge is 0.573 e. The molecule has 1 fully saturated rings. The summed E-state index contributed by atoms with van der Waals surface area (Å²) >= 11 is 0. The number of ether oxygens (including phenoxy) is 1. The van der Waals surface area contributed by atoms with E-state index >= 15 is 0 Å². The molecule has 2 aliphatic rings. The molecular formula is C20H23F3N6O3. The summed E-state index contributed by atoms with van der Waals surface area (Å²) in [6.45, 7) is 2.85. The van der Waals surface area contributed by atoms with Crippen molar-refractivity contribution in [3.8, 4) is 5.75 Å². The van der Waals surface area contributed by atoms with E-state index in [1.54, 1.807) is 12.1 Å². The van der Waals surface area contributed by atoms with Crippen LogP contribution in [0.5, 0.6) is 5.75 Å². The quantitative estimate of drug-likeness (QED) is 0.682. The van der Waals surface area contributed by atoms with Crippen LogP contribution < -0.4 is 15.4 Å². The molecule has 0 spiro atoms. The SMILES string of the molecule is O=C1CCC(C(=O)NCc2nnc3n2CCN(Cc2ccc(OC(F)(F)F)cc2)CC3)N1. The Morgan fingerprint density at radius 3 is 2.62 bits per heavy atom. The molecule has 1 unspecified atom stereocenters. The Hall–Kier alpha value is -3.15. The van der Waals surface area contributed by atoms with Gasteiger partial charge in [-0.2, -0.15) is 0 Å². The number of halogens is 3. The maximum Gasteiger partial charge on any atom is 0.573 e. The third-order valence-electron chi connectivity index (χ3n) is 5.49. The van der Waals surface area contributed by atoms with Crippen molar-refractivity contribution in [1.29, 1.82) is 0 Å². The van der Waals surface area contributed by atoms with Gasteiger partial charge in [-0.25, -0.2) is 0 Å². The van der Waals surface area contributed by atoms with Crippen molar-refractivity contribution < 1.29 is 27.5 Å². The molecule has 2 N–H and O–H groups in total. The lowest BCUT2D eigenvalue weighted by atomic mass is 10.2. The van der Waals surface area contributed by atoms with Crippen LogP contribution in [-0.2, 0) is 35.6 Å². The van der Waals surface area contributed by atoms with Gasteiger partial charge in [-0.15, -0.1) is 23.4 Å². The molecular weight excluding hydrogens is 429 g/mol. The van der Waals surface area contributed by atoms with Crippen molar-refractivity contribution in [1.82, 2.24) is 30.3 Å². The van der Waals surface area contributed by atoms with E-state index in [1.165, 1.54) is 12.1 Å². The molecule has 4 rings (SSSR count). The van der Waals surface area contributed by atoms with Crippen LogP contribution >= 0.6 is 0 Å². The number of nitrogens with zero attached hydrogens (tertiary/aromatic N) is 4. The van der Waals surface area contributed by atoms with E-state index in [0.717, 1.165) is 17.9 Å². The van der Waals surface area contributed by atoms with E-state index in [1.807, 2.05) is 4.57 Å². The van der Waals surface area contributed by atoms with Crippen LogP contribution in [-0.4, -0.2) is 57.0 Å². The van der Waals surface area contributed by atoms with Crippen molar-refractivity contribution in [3.63, 3.8) is 0 Å². The molecule has 12 heteroatoms.